The van der Waals surface area contributed by atoms with Gasteiger partial charge in [-0.15, -0.1) is 0 Å². The van der Waals surface area contributed by atoms with E-state index in [0.717, 1.165) is 27.9 Å². The summed E-state index contributed by atoms with van der Waals surface area (Å²) in [4.78, 5) is 0. The molecule has 112 valence electrons. The molecule has 21 heavy (non-hydrogen) atoms. The van der Waals surface area contributed by atoms with E-state index in [2.05, 4.69) is 44.0 Å². The highest BCUT2D eigenvalue weighted by Gasteiger charge is 2.30. The van der Waals surface area contributed by atoms with Crippen LogP contribution in [0.4, 0.5) is 0 Å². The molecule has 1 nitrogen and oxygen atoms in total. The maximum atomic E-state index is 5.98. The van der Waals surface area contributed by atoms with Crippen LogP contribution in [0.1, 0.15) is 12.0 Å². The third-order valence-corrected chi connectivity index (χ3v) is 5.96. The van der Waals surface area contributed by atoms with E-state index in [9.17, 15) is 0 Å². The second kappa shape index (κ2) is 8.21. The first kappa shape index (κ1) is 16.9. The van der Waals surface area contributed by atoms with Crippen molar-refractivity contribution >= 4 is 43.5 Å². The summed E-state index contributed by atoms with van der Waals surface area (Å²) < 4.78 is 5.84. The van der Waals surface area contributed by atoms with Gasteiger partial charge in [-0.05, 0) is 36.2 Å². The third kappa shape index (κ3) is 4.48. The Balaban J connectivity index is 2.06. The van der Waals surface area contributed by atoms with E-state index < -0.39 is 0 Å². The molecule has 2 rings (SSSR count). The molecule has 0 N–H and O–H groups in total. The smallest absolute Gasteiger partial charge is 0.119 e. The summed E-state index contributed by atoms with van der Waals surface area (Å²) in [5.41, 5.74) is 1.26. The van der Waals surface area contributed by atoms with Crippen LogP contribution >= 0.6 is 43.5 Å². The molecule has 0 bridgehead atoms. The fraction of sp³-hybridized carbons (Fsp3) is 0.294. The van der Waals surface area contributed by atoms with Crippen molar-refractivity contribution in [3.63, 3.8) is 0 Å². The summed E-state index contributed by atoms with van der Waals surface area (Å²) in [7, 11) is 0. The minimum atomic E-state index is -0.000626. The molecule has 0 radical (unpaired) electrons. The Morgan fingerprint density at radius 1 is 0.905 bits per heavy atom. The van der Waals surface area contributed by atoms with E-state index in [1.54, 1.807) is 0 Å². The number of rotatable bonds is 7. The molecule has 0 aliphatic carbocycles. The molecule has 0 fully saturated rings. The first-order valence-electron chi connectivity index (χ1n) is 6.76. The quantitative estimate of drug-likeness (QED) is 0.500. The number of hydrogen-bond acceptors (Lipinski definition) is 1. The molecule has 0 unspecified atom stereocenters. The fourth-order valence-corrected chi connectivity index (χ4v) is 4.42. The summed E-state index contributed by atoms with van der Waals surface area (Å²) in [6, 6.07) is 18.0. The molecule has 0 aliphatic rings. The van der Waals surface area contributed by atoms with Crippen molar-refractivity contribution in [2.24, 2.45) is 0 Å². The topological polar surface area (TPSA) is 9.23 Å². The van der Waals surface area contributed by atoms with E-state index in [1.807, 2.05) is 42.5 Å². The minimum Gasteiger partial charge on any atom is -0.494 e. The molecule has 0 saturated carbocycles. The van der Waals surface area contributed by atoms with Crippen LogP contribution in [0.25, 0.3) is 0 Å². The largest absolute Gasteiger partial charge is 0.494 e. The molecule has 0 atom stereocenters. The van der Waals surface area contributed by atoms with Gasteiger partial charge in [0, 0.05) is 21.1 Å². The Labute approximate surface area is 147 Å². The number of alkyl halides is 2. The lowest BCUT2D eigenvalue weighted by molar-refractivity contribution is 0.277. The van der Waals surface area contributed by atoms with Crippen LogP contribution in [-0.2, 0) is 5.41 Å². The Morgan fingerprint density at radius 3 is 2.10 bits per heavy atom. The van der Waals surface area contributed by atoms with E-state index in [0.29, 0.717) is 6.61 Å². The van der Waals surface area contributed by atoms with Crippen molar-refractivity contribution in [1.82, 2.24) is 0 Å². The van der Waals surface area contributed by atoms with Crippen LogP contribution in [0.5, 0.6) is 5.75 Å². The van der Waals surface area contributed by atoms with Crippen LogP contribution in [0.15, 0.2) is 54.6 Å². The number of para-hydroxylation sites is 1. The lowest BCUT2D eigenvalue weighted by Crippen LogP contribution is -2.32. The molecule has 0 spiro atoms. The van der Waals surface area contributed by atoms with Gasteiger partial charge < -0.3 is 4.74 Å². The molecule has 2 aromatic rings. The second-order valence-corrected chi connectivity index (χ2v) is 6.52. The van der Waals surface area contributed by atoms with Crippen molar-refractivity contribution < 1.29 is 4.74 Å². The average molecular weight is 433 g/mol. The summed E-state index contributed by atoms with van der Waals surface area (Å²) in [6.07, 6.45) is 0.917. The predicted molar refractivity (Wildman–Crippen MR) is 97.3 cm³/mol. The molecule has 0 saturated heterocycles. The molecule has 2 aromatic carbocycles. The molecular formula is C17H17Br2ClO. The van der Waals surface area contributed by atoms with Crippen LogP contribution < -0.4 is 4.74 Å². The lowest BCUT2D eigenvalue weighted by Gasteiger charge is -2.30. The summed E-state index contributed by atoms with van der Waals surface area (Å²) in [6.45, 7) is 0.670. The van der Waals surface area contributed by atoms with Gasteiger partial charge in [0.25, 0.3) is 0 Å². The van der Waals surface area contributed by atoms with Crippen LogP contribution in [0, 0.1) is 0 Å². The first-order valence-corrected chi connectivity index (χ1v) is 9.38. The van der Waals surface area contributed by atoms with Crippen LogP contribution in [-0.4, -0.2) is 17.3 Å². The standard InChI is InChI=1S/C17H17Br2ClO/c18-12-17(13-19,14-6-8-15(20)9-7-14)10-11-21-16-4-2-1-3-5-16/h1-9H,10-13H2. The monoisotopic (exact) mass is 430 g/mol. The van der Waals surface area contributed by atoms with Crippen molar-refractivity contribution in [2.75, 3.05) is 17.3 Å². The van der Waals surface area contributed by atoms with Gasteiger partial charge in [0.15, 0.2) is 0 Å². The van der Waals surface area contributed by atoms with Gasteiger partial charge in [-0.3, -0.25) is 0 Å². The first-order chi connectivity index (χ1) is 10.2. The van der Waals surface area contributed by atoms with Crippen molar-refractivity contribution in [3.05, 3.63) is 65.2 Å². The minimum absolute atomic E-state index is 0.000626. The van der Waals surface area contributed by atoms with Gasteiger partial charge in [0.2, 0.25) is 0 Å². The number of ether oxygens (including phenoxy) is 1. The number of hydrogen-bond donors (Lipinski definition) is 0. The highest BCUT2D eigenvalue weighted by molar-refractivity contribution is 9.09. The summed E-state index contributed by atoms with van der Waals surface area (Å²) >= 11 is 13.3. The van der Waals surface area contributed by atoms with Crippen molar-refractivity contribution in [3.8, 4) is 5.75 Å². The normalized spacial score (nSPS) is 11.4. The van der Waals surface area contributed by atoms with Gasteiger partial charge >= 0.3 is 0 Å². The zero-order valence-electron chi connectivity index (χ0n) is 11.6. The van der Waals surface area contributed by atoms with E-state index in [1.165, 1.54) is 5.56 Å². The zero-order valence-corrected chi connectivity index (χ0v) is 15.5. The molecule has 0 amide bonds. The van der Waals surface area contributed by atoms with Gasteiger partial charge in [-0.1, -0.05) is 73.8 Å². The summed E-state index contributed by atoms with van der Waals surface area (Å²) in [5, 5.41) is 2.49. The van der Waals surface area contributed by atoms with Gasteiger partial charge in [-0.25, -0.2) is 0 Å². The van der Waals surface area contributed by atoms with E-state index >= 15 is 0 Å². The van der Waals surface area contributed by atoms with Crippen molar-refractivity contribution in [1.29, 1.82) is 0 Å². The maximum absolute atomic E-state index is 5.98. The predicted octanol–water partition coefficient (Wildman–Crippen LogP) is 5.84. The zero-order chi connectivity index (χ0) is 15.1. The Hall–Kier alpha value is -0.510. The highest BCUT2D eigenvalue weighted by atomic mass is 79.9. The maximum Gasteiger partial charge on any atom is 0.119 e. The molecule has 0 aliphatic heterocycles. The van der Waals surface area contributed by atoms with Crippen molar-refractivity contribution in [2.45, 2.75) is 11.8 Å². The molecule has 4 heteroatoms. The van der Waals surface area contributed by atoms with Gasteiger partial charge in [0.1, 0.15) is 5.75 Å². The Kier molecular flexibility index (Phi) is 6.59. The van der Waals surface area contributed by atoms with E-state index in [-0.39, 0.29) is 5.41 Å². The summed E-state index contributed by atoms with van der Waals surface area (Å²) in [5.74, 6) is 0.909. The third-order valence-electron chi connectivity index (χ3n) is 3.56. The number of benzene rings is 2. The van der Waals surface area contributed by atoms with Gasteiger partial charge in [-0.2, -0.15) is 0 Å². The van der Waals surface area contributed by atoms with Gasteiger partial charge in [0.05, 0.1) is 6.61 Å². The Morgan fingerprint density at radius 2 is 1.52 bits per heavy atom. The Bertz CT molecular complexity index is 538. The van der Waals surface area contributed by atoms with E-state index in [4.69, 9.17) is 16.3 Å². The fourth-order valence-electron chi connectivity index (χ4n) is 2.15. The second-order valence-electron chi connectivity index (χ2n) is 4.97. The molecular weight excluding hydrogens is 415 g/mol. The van der Waals surface area contributed by atoms with Crippen LogP contribution in [0.2, 0.25) is 5.02 Å². The molecule has 0 heterocycles. The SMILES string of the molecule is Clc1ccc(C(CBr)(CBr)CCOc2ccccc2)cc1. The number of halogens is 3. The average Bonchev–Trinajstić information content (AvgIpc) is 2.54. The van der Waals surface area contributed by atoms with Crippen LogP contribution in [0.3, 0.4) is 0 Å². The highest BCUT2D eigenvalue weighted by Crippen LogP contribution is 2.33. The lowest BCUT2D eigenvalue weighted by atomic mass is 9.82. The molecule has 0 aromatic heterocycles.